The lowest BCUT2D eigenvalue weighted by molar-refractivity contribution is 1.05. The van der Waals surface area contributed by atoms with Crippen molar-refractivity contribution in [2.24, 2.45) is 0 Å². The molecule has 0 saturated carbocycles. The molecule has 6 heterocycles. The molecule has 0 unspecified atom stereocenters. The van der Waals surface area contributed by atoms with E-state index in [4.69, 9.17) is 39.9 Å². The van der Waals surface area contributed by atoms with Gasteiger partial charge in [-0.25, -0.2) is 39.9 Å². The van der Waals surface area contributed by atoms with Crippen LogP contribution in [0.5, 0.6) is 0 Å². The molecule has 0 aliphatic rings. The van der Waals surface area contributed by atoms with Crippen LogP contribution in [0.4, 0.5) is 0 Å². The second-order valence-electron chi connectivity index (χ2n) is 22.7. The Bertz CT molecular complexity index is 5160. The van der Waals surface area contributed by atoms with E-state index in [-0.39, 0.29) is 0 Å². The Morgan fingerprint density at radius 2 is 0.457 bits per heavy atom. The lowest BCUT2D eigenvalue weighted by Gasteiger charge is -2.21. The highest BCUT2D eigenvalue weighted by atomic mass is 15.1. The summed E-state index contributed by atoms with van der Waals surface area (Å²) < 4.78 is 4.75. The van der Waals surface area contributed by atoms with Gasteiger partial charge >= 0.3 is 0 Å². The molecule has 17 rings (SSSR count). The average Bonchev–Trinajstić information content (AvgIpc) is 1.52. The van der Waals surface area contributed by atoms with Crippen molar-refractivity contribution in [2.75, 3.05) is 0 Å². The van der Waals surface area contributed by atoms with E-state index in [9.17, 15) is 0 Å². The lowest BCUT2D eigenvalue weighted by atomic mass is 10.0. The number of nitrogens with zero attached hydrogens (tertiary/aromatic N) is 10. The zero-order valence-corrected chi connectivity index (χ0v) is 49.5. The van der Waals surface area contributed by atoms with Crippen LogP contribution in [0.2, 0.25) is 0 Å². The minimum absolute atomic E-state index is 0.453. The van der Waals surface area contributed by atoms with Gasteiger partial charge in [0.25, 0.3) is 0 Å². The monoisotopic (exact) mass is 1180 g/mol. The molecule has 17 aromatic rings. The standard InChI is InChI=1S/C82H52N10/c1-7-25-53(26-8-1)67-39-23-41-69(83-67)59-45-47-63-61-37-19-21-43-71(61)91(73(63)49-59)75-52-76(92-72-44-22-20-38-62(72)64-48-46-60(50-74(64)92)70-42-24-40-68(84-70)54-27-9-2-10-28-54)66(82-89-79(57-33-15-5-16-34-57)86-80(90-82)58-35-17-6-18-36-58)51-65(75)81-87-77(55-29-11-3-12-30-55)85-78(88-81)56-31-13-4-14-32-56/h1-52H. The molecule has 0 amide bonds. The van der Waals surface area contributed by atoms with Gasteiger partial charge in [-0.2, -0.15) is 0 Å². The van der Waals surface area contributed by atoms with Crippen LogP contribution in [0.1, 0.15) is 0 Å². The van der Waals surface area contributed by atoms with Crippen molar-refractivity contribution in [3.05, 3.63) is 315 Å². The smallest absolute Gasteiger partial charge is 0.166 e. The third-order valence-electron chi connectivity index (χ3n) is 17.1. The summed E-state index contributed by atoms with van der Waals surface area (Å²) in [6.07, 6.45) is 0. The zero-order chi connectivity index (χ0) is 60.9. The number of hydrogen-bond donors (Lipinski definition) is 0. The summed E-state index contributed by atoms with van der Waals surface area (Å²) in [6, 6.07) is 109. The summed E-state index contributed by atoms with van der Waals surface area (Å²) in [7, 11) is 0. The number of aromatic nitrogens is 10. The van der Waals surface area contributed by atoms with E-state index in [1.807, 2.05) is 133 Å². The molecule has 6 aromatic heterocycles. The molecular weight excluding hydrogens is 1120 g/mol. The first-order valence-electron chi connectivity index (χ1n) is 30.7. The van der Waals surface area contributed by atoms with E-state index in [1.54, 1.807) is 0 Å². The molecule has 0 atom stereocenters. The second-order valence-corrected chi connectivity index (χ2v) is 22.7. The molecule has 0 aliphatic heterocycles. The number of fused-ring (bicyclic) bond motifs is 6. The van der Waals surface area contributed by atoms with Crippen molar-refractivity contribution >= 4 is 43.6 Å². The summed E-state index contributed by atoms with van der Waals surface area (Å²) in [4.78, 5) is 43.3. The molecule has 0 bridgehead atoms. The van der Waals surface area contributed by atoms with Gasteiger partial charge in [0.15, 0.2) is 34.9 Å². The predicted molar refractivity (Wildman–Crippen MR) is 372 cm³/mol. The van der Waals surface area contributed by atoms with Crippen molar-refractivity contribution in [1.29, 1.82) is 0 Å². The van der Waals surface area contributed by atoms with Gasteiger partial charge in [0.05, 0.1) is 56.2 Å². The fourth-order valence-electron chi connectivity index (χ4n) is 12.7. The fraction of sp³-hybridized carbons (Fsp3) is 0. The van der Waals surface area contributed by atoms with Crippen LogP contribution in [0.3, 0.4) is 0 Å². The molecule has 92 heavy (non-hydrogen) atoms. The van der Waals surface area contributed by atoms with Crippen molar-refractivity contribution < 1.29 is 0 Å². The van der Waals surface area contributed by atoms with Crippen LogP contribution in [0, 0.1) is 0 Å². The summed E-state index contributed by atoms with van der Waals surface area (Å²) >= 11 is 0. The summed E-state index contributed by atoms with van der Waals surface area (Å²) in [5, 5.41) is 4.28. The lowest BCUT2D eigenvalue weighted by Crippen LogP contribution is -2.08. The molecule has 0 aliphatic carbocycles. The van der Waals surface area contributed by atoms with Crippen molar-refractivity contribution in [3.63, 3.8) is 0 Å². The van der Waals surface area contributed by atoms with E-state index < -0.39 is 0 Å². The second kappa shape index (κ2) is 22.8. The first kappa shape index (κ1) is 53.6. The summed E-state index contributed by atoms with van der Waals surface area (Å²) in [5.41, 5.74) is 17.8. The average molecular weight is 1180 g/mol. The van der Waals surface area contributed by atoms with Gasteiger partial charge in [-0.1, -0.05) is 255 Å². The Balaban J connectivity index is 1.02. The number of hydrogen-bond acceptors (Lipinski definition) is 8. The van der Waals surface area contributed by atoms with Crippen LogP contribution in [-0.2, 0) is 0 Å². The number of para-hydroxylation sites is 2. The van der Waals surface area contributed by atoms with Gasteiger partial charge in [-0.15, -0.1) is 0 Å². The summed E-state index contributed by atoms with van der Waals surface area (Å²) in [6.45, 7) is 0. The van der Waals surface area contributed by atoms with E-state index in [0.29, 0.717) is 46.1 Å². The van der Waals surface area contributed by atoms with Crippen molar-refractivity contribution in [3.8, 4) is 125 Å². The van der Waals surface area contributed by atoms with Gasteiger partial charge in [-0.3, -0.25) is 0 Å². The number of pyridine rings is 2. The van der Waals surface area contributed by atoms with Crippen LogP contribution >= 0.6 is 0 Å². The molecule has 0 N–H and O–H groups in total. The van der Waals surface area contributed by atoms with Crippen molar-refractivity contribution in [1.82, 2.24) is 49.0 Å². The maximum Gasteiger partial charge on any atom is 0.166 e. The van der Waals surface area contributed by atoms with Gasteiger partial charge in [-0.05, 0) is 60.7 Å². The highest BCUT2D eigenvalue weighted by Crippen LogP contribution is 2.45. The number of benzene rings is 11. The van der Waals surface area contributed by atoms with E-state index in [2.05, 4.69) is 191 Å². The highest BCUT2D eigenvalue weighted by molar-refractivity contribution is 6.13. The third-order valence-corrected chi connectivity index (χ3v) is 17.1. The molecule has 0 saturated heterocycles. The predicted octanol–water partition coefficient (Wildman–Crippen LogP) is 19.7. The van der Waals surface area contributed by atoms with Gasteiger partial charge in [0.1, 0.15) is 0 Å². The topological polar surface area (TPSA) is 113 Å². The molecule has 11 aromatic carbocycles. The largest absolute Gasteiger partial charge is 0.308 e. The molecule has 0 fully saturated rings. The maximum atomic E-state index is 5.55. The van der Waals surface area contributed by atoms with Crippen LogP contribution in [-0.4, -0.2) is 49.0 Å². The molecule has 0 spiro atoms. The quantitative estimate of drug-likeness (QED) is 0.119. The van der Waals surface area contributed by atoms with Crippen LogP contribution in [0.15, 0.2) is 315 Å². The highest BCUT2D eigenvalue weighted by Gasteiger charge is 2.27. The zero-order valence-electron chi connectivity index (χ0n) is 49.5. The SMILES string of the molecule is c1ccc(-c2cccc(-c3ccc4c5ccccc5n(-c5cc(-n6c7ccccc7c7ccc(-c8cccc(-c9ccccc9)n8)cc76)c(-c6nc(-c7ccccc7)nc(-c7ccccc7)n6)cc5-c5nc(-c6ccccc6)nc(-c6ccccc6)n5)c4c3)n2)cc1. The minimum atomic E-state index is 0.453. The Kier molecular flexibility index (Phi) is 13.3. The first-order chi connectivity index (χ1) is 45.6. The Labute approximate surface area is 529 Å². The Morgan fingerprint density at radius 1 is 0.174 bits per heavy atom. The van der Waals surface area contributed by atoms with Crippen LogP contribution < -0.4 is 0 Å². The van der Waals surface area contributed by atoms with Gasteiger partial charge in [0, 0.05) is 77.2 Å². The Morgan fingerprint density at radius 3 is 0.804 bits per heavy atom. The molecule has 10 nitrogen and oxygen atoms in total. The maximum absolute atomic E-state index is 5.55. The first-order valence-corrected chi connectivity index (χ1v) is 30.7. The Hall–Kier alpha value is -12.7. The van der Waals surface area contributed by atoms with Crippen molar-refractivity contribution in [2.45, 2.75) is 0 Å². The third kappa shape index (κ3) is 9.72. The van der Waals surface area contributed by atoms with E-state index in [1.165, 1.54) is 0 Å². The minimum Gasteiger partial charge on any atom is -0.308 e. The van der Waals surface area contributed by atoms with E-state index >= 15 is 0 Å². The number of rotatable bonds is 12. The normalized spacial score (nSPS) is 11.5. The van der Waals surface area contributed by atoms with Gasteiger partial charge < -0.3 is 9.13 Å². The van der Waals surface area contributed by atoms with E-state index in [0.717, 1.165) is 122 Å². The molecule has 0 radical (unpaired) electrons. The fourth-order valence-corrected chi connectivity index (χ4v) is 12.7. The van der Waals surface area contributed by atoms with Crippen LogP contribution in [0.25, 0.3) is 168 Å². The molecule has 10 heteroatoms. The molecular formula is C82H52N10. The summed E-state index contributed by atoms with van der Waals surface area (Å²) in [5.74, 6) is 3.01. The van der Waals surface area contributed by atoms with Gasteiger partial charge in [0.2, 0.25) is 0 Å². The molecule has 430 valence electrons.